The summed E-state index contributed by atoms with van der Waals surface area (Å²) < 4.78 is 30.7. The largest absolute Gasteiger partial charge is 0.366 e. The maximum absolute atomic E-state index is 10.9. The lowest BCUT2D eigenvalue weighted by Gasteiger charge is -2.20. The predicted octanol–water partition coefficient (Wildman–Crippen LogP) is 0.906. The van der Waals surface area contributed by atoms with Crippen molar-refractivity contribution in [1.82, 2.24) is 0 Å². The van der Waals surface area contributed by atoms with E-state index in [9.17, 15) is 13.5 Å². The first kappa shape index (κ1) is 10.9. The highest BCUT2D eigenvalue weighted by Gasteiger charge is 2.39. The van der Waals surface area contributed by atoms with E-state index in [2.05, 4.69) is 6.58 Å². The maximum atomic E-state index is 10.9. The Kier molecular flexibility index (Phi) is 2.75. The number of hydrogen-bond donors (Lipinski definition) is 2. The quantitative estimate of drug-likeness (QED) is 0.579. The van der Waals surface area contributed by atoms with E-state index in [1.54, 1.807) is 18.2 Å². The van der Waals surface area contributed by atoms with E-state index in [1.807, 2.05) is 0 Å². The fourth-order valence-electron chi connectivity index (χ4n) is 1.05. The molecule has 4 nitrogen and oxygen atoms in total. The summed E-state index contributed by atoms with van der Waals surface area (Å²) >= 11 is 0. The molecule has 1 atom stereocenters. The van der Waals surface area contributed by atoms with Crippen LogP contribution in [0.15, 0.2) is 43.0 Å². The van der Waals surface area contributed by atoms with Crippen LogP contribution in [0.4, 0.5) is 0 Å². The Morgan fingerprint density at radius 1 is 1.29 bits per heavy atom. The van der Waals surface area contributed by atoms with Crippen LogP contribution in [-0.4, -0.2) is 18.1 Å². The number of hydrogen-bond acceptors (Lipinski definition) is 3. The minimum absolute atomic E-state index is 0.0532. The van der Waals surface area contributed by atoms with Crippen LogP contribution in [0.2, 0.25) is 0 Å². The Labute approximate surface area is 82.3 Å². The van der Waals surface area contributed by atoms with Crippen molar-refractivity contribution >= 4 is 10.1 Å². The molecular weight excluding hydrogens is 204 g/mol. The molecule has 0 aromatic heterocycles. The standard InChI is InChI=1S/C9H10O4S/c1-2-9(10,14(11,12)13)8-6-4-3-5-7-8/h2-7,10H,1H2,(H,11,12,13). The van der Waals surface area contributed by atoms with Gasteiger partial charge in [0.15, 0.2) is 0 Å². The molecule has 1 rings (SSSR count). The first-order chi connectivity index (χ1) is 6.42. The van der Waals surface area contributed by atoms with E-state index in [0.717, 1.165) is 6.08 Å². The highest BCUT2D eigenvalue weighted by molar-refractivity contribution is 7.86. The third-order valence-corrected chi connectivity index (χ3v) is 3.05. The molecule has 0 aliphatic heterocycles. The molecule has 0 saturated heterocycles. The molecule has 0 bridgehead atoms. The molecule has 0 aliphatic carbocycles. The van der Waals surface area contributed by atoms with Gasteiger partial charge in [-0.15, -0.1) is 0 Å². The summed E-state index contributed by atoms with van der Waals surface area (Å²) in [6.45, 7) is 3.19. The topological polar surface area (TPSA) is 74.6 Å². The molecule has 1 aromatic carbocycles. The van der Waals surface area contributed by atoms with Crippen LogP contribution < -0.4 is 0 Å². The third-order valence-electron chi connectivity index (χ3n) is 1.86. The average Bonchev–Trinajstić information content (AvgIpc) is 2.16. The highest BCUT2D eigenvalue weighted by Crippen LogP contribution is 2.27. The van der Waals surface area contributed by atoms with Gasteiger partial charge in [-0.2, -0.15) is 8.42 Å². The van der Waals surface area contributed by atoms with Crippen LogP contribution in [0, 0.1) is 0 Å². The van der Waals surface area contributed by atoms with Crippen molar-refractivity contribution in [3.8, 4) is 0 Å². The zero-order chi connectivity index (χ0) is 10.8. The van der Waals surface area contributed by atoms with Crippen LogP contribution in [-0.2, 0) is 15.1 Å². The van der Waals surface area contributed by atoms with Gasteiger partial charge in [-0.1, -0.05) is 36.9 Å². The Morgan fingerprint density at radius 3 is 2.14 bits per heavy atom. The van der Waals surface area contributed by atoms with Crippen molar-refractivity contribution in [3.63, 3.8) is 0 Å². The third kappa shape index (κ3) is 1.70. The molecular formula is C9H10O4S. The lowest BCUT2D eigenvalue weighted by atomic mass is 10.1. The predicted molar refractivity (Wildman–Crippen MR) is 52.1 cm³/mol. The molecule has 1 unspecified atom stereocenters. The van der Waals surface area contributed by atoms with E-state index >= 15 is 0 Å². The number of benzene rings is 1. The summed E-state index contributed by atoms with van der Waals surface area (Å²) in [7, 11) is -4.63. The molecule has 0 amide bonds. The fraction of sp³-hybridized carbons (Fsp3) is 0.111. The molecule has 5 heteroatoms. The summed E-state index contributed by atoms with van der Waals surface area (Å²) in [4.78, 5) is -2.44. The summed E-state index contributed by atoms with van der Waals surface area (Å²) in [5, 5.41) is 9.67. The molecule has 0 aliphatic rings. The van der Waals surface area contributed by atoms with Gasteiger partial charge in [-0.25, -0.2) is 0 Å². The van der Waals surface area contributed by atoms with Gasteiger partial charge in [-0.3, -0.25) is 4.55 Å². The van der Waals surface area contributed by atoms with Gasteiger partial charge in [0.2, 0.25) is 4.93 Å². The normalized spacial score (nSPS) is 15.9. The van der Waals surface area contributed by atoms with Crippen molar-refractivity contribution in [3.05, 3.63) is 48.6 Å². The summed E-state index contributed by atoms with van der Waals surface area (Å²) in [5.41, 5.74) is 0.0532. The first-order valence-electron chi connectivity index (χ1n) is 3.80. The molecule has 2 N–H and O–H groups in total. The van der Waals surface area contributed by atoms with Crippen LogP contribution in [0.1, 0.15) is 5.56 Å². The molecule has 0 fully saturated rings. The van der Waals surface area contributed by atoms with Crippen molar-refractivity contribution < 1.29 is 18.1 Å². The van der Waals surface area contributed by atoms with Gasteiger partial charge in [-0.05, 0) is 6.08 Å². The molecule has 0 spiro atoms. The highest BCUT2D eigenvalue weighted by atomic mass is 32.2. The van der Waals surface area contributed by atoms with Crippen molar-refractivity contribution in [1.29, 1.82) is 0 Å². The van der Waals surface area contributed by atoms with Crippen molar-refractivity contribution in [2.45, 2.75) is 4.93 Å². The van der Waals surface area contributed by atoms with Crippen molar-refractivity contribution in [2.75, 3.05) is 0 Å². The molecule has 0 heterocycles. The maximum Gasteiger partial charge on any atom is 0.303 e. The summed E-state index contributed by atoms with van der Waals surface area (Å²) in [6.07, 6.45) is 0.775. The zero-order valence-corrected chi connectivity index (χ0v) is 8.11. The second-order valence-electron chi connectivity index (χ2n) is 2.74. The Balaban J connectivity index is 3.37. The smallest absolute Gasteiger partial charge is 0.303 e. The van der Waals surface area contributed by atoms with E-state index in [0.29, 0.717) is 0 Å². The molecule has 76 valence electrons. The molecule has 0 saturated carbocycles. The molecule has 14 heavy (non-hydrogen) atoms. The summed E-state index contributed by atoms with van der Waals surface area (Å²) in [5.74, 6) is 0. The lowest BCUT2D eigenvalue weighted by molar-refractivity contribution is 0.162. The van der Waals surface area contributed by atoms with Gasteiger partial charge in [0.05, 0.1) is 0 Å². The monoisotopic (exact) mass is 214 g/mol. The number of rotatable bonds is 3. The lowest BCUT2D eigenvalue weighted by Crippen LogP contribution is -2.32. The average molecular weight is 214 g/mol. The Hall–Kier alpha value is -1.17. The fourth-order valence-corrected chi connectivity index (χ4v) is 1.69. The first-order valence-corrected chi connectivity index (χ1v) is 5.24. The summed E-state index contributed by atoms with van der Waals surface area (Å²) in [6, 6.07) is 7.53. The van der Waals surface area contributed by atoms with Crippen molar-refractivity contribution in [2.24, 2.45) is 0 Å². The second-order valence-corrected chi connectivity index (χ2v) is 4.31. The van der Waals surface area contributed by atoms with E-state index in [4.69, 9.17) is 4.55 Å². The van der Waals surface area contributed by atoms with Gasteiger partial charge in [0.25, 0.3) is 0 Å². The van der Waals surface area contributed by atoms with Crippen LogP contribution >= 0.6 is 0 Å². The SMILES string of the molecule is C=CC(O)(c1ccccc1)S(=O)(=O)O. The van der Waals surface area contributed by atoms with Gasteiger partial charge < -0.3 is 5.11 Å². The van der Waals surface area contributed by atoms with Gasteiger partial charge >= 0.3 is 10.1 Å². The van der Waals surface area contributed by atoms with Crippen LogP contribution in [0.25, 0.3) is 0 Å². The van der Waals surface area contributed by atoms with E-state index in [-0.39, 0.29) is 5.56 Å². The Morgan fingerprint density at radius 2 is 1.79 bits per heavy atom. The van der Waals surface area contributed by atoms with Crippen LogP contribution in [0.3, 0.4) is 0 Å². The Bertz CT molecular complexity index is 423. The van der Waals surface area contributed by atoms with E-state index < -0.39 is 15.1 Å². The number of aliphatic hydroxyl groups is 1. The van der Waals surface area contributed by atoms with E-state index in [1.165, 1.54) is 12.1 Å². The molecule has 1 aromatic rings. The minimum Gasteiger partial charge on any atom is -0.366 e. The second kappa shape index (κ2) is 3.53. The minimum atomic E-state index is -4.63. The van der Waals surface area contributed by atoms with Crippen LogP contribution in [0.5, 0.6) is 0 Å². The molecule has 0 radical (unpaired) electrons. The van der Waals surface area contributed by atoms with Gasteiger partial charge in [0, 0.05) is 5.56 Å². The van der Waals surface area contributed by atoms with Gasteiger partial charge in [0.1, 0.15) is 0 Å². The zero-order valence-electron chi connectivity index (χ0n) is 7.29.